The molecule has 5 atom stereocenters. The van der Waals surface area contributed by atoms with Crippen LogP contribution in [0.15, 0.2) is 12.3 Å². The third-order valence-electron chi connectivity index (χ3n) is 7.39. The Hall–Kier alpha value is -2.72. The van der Waals surface area contributed by atoms with Gasteiger partial charge in [-0.25, -0.2) is 4.68 Å². The first-order valence-electron chi connectivity index (χ1n) is 11.4. The first-order valence-corrected chi connectivity index (χ1v) is 11.4. The number of hydrogen-bond acceptors (Lipinski definition) is 8. The molecule has 3 aromatic rings. The first-order chi connectivity index (χ1) is 15.2. The molecule has 0 radical (unpaired) electrons. The molecule has 5 N–H and O–H groups in total. The third-order valence-corrected chi connectivity index (χ3v) is 7.39. The lowest BCUT2D eigenvalue weighted by molar-refractivity contribution is 0.00987. The Kier molecular flexibility index (Phi) is 4.14. The van der Waals surface area contributed by atoms with Crippen LogP contribution in [0.25, 0.3) is 11.0 Å². The standard InChI is InChI=1S/C22H30N8O2/c1-11-4-16(29-28-11)24-18-14-9-23-30(10-21(2,3)31)19(14)27-20(26-18)25-17-13-5-12-6-15(17)22(32,7-12)8-13/h4,9,12-13,15,17,31-32H,5-8,10H2,1-3H3,(H3,24,25,26,27,28,29). The molecule has 4 bridgehead atoms. The van der Waals surface area contributed by atoms with Gasteiger partial charge < -0.3 is 20.8 Å². The van der Waals surface area contributed by atoms with Crippen LogP contribution in [0.1, 0.15) is 45.2 Å². The van der Waals surface area contributed by atoms with E-state index >= 15 is 0 Å². The summed E-state index contributed by atoms with van der Waals surface area (Å²) in [6.07, 6.45) is 5.74. The van der Waals surface area contributed by atoms with Crippen molar-refractivity contribution in [3.05, 3.63) is 18.0 Å². The number of aromatic nitrogens is 6. The van der Waals surface area contributed by atoms with E-state index in [2.05, 4.69) is 25.9 Å². The van der Waals surface area contributed by atoms with E-state index in [0.29, 0.717) is 41.6 Å². The number of aryl methyl sites for hydroxylation is 1. The Morgan fingerprint density at radius 1 is 1.28 bits per heavy atom. The fourth-order valence-corrected chi connectivity index (χ4v) is 6.34. The van der Waals surface area contributed by atoms with Crippen molar-refractivity contribution in [3.8, 4) is 0 Å². The molecule has 7 rings (SSSR count). The molecule has 3 aromatic heterocycles. The summed E-state index contributed by atoms with van der Waals surface area (Å²) in [5.41, 5.74) is 0.119. The van der Waals surface area contributed by atoms with Gasteiger partial charge in [-0.1, -0.05) is 0 Å². The number of rotatable bonds is 6. The van der Waals surface area contributed by atoms with E-state index in [1.165, 1.54) is 0 Å². The van der Waals surface area contributed by atoms with Gasteiger partial charge in [-0.05, 0) is 58.3 Å². The maximum absolute atomic E-state index is 11.1. The number of hydrogen-bond donors (Lipinski definition) is 5. The Morgan fingerprint density at radius 2 is 2.12 bits per heavy atom. The van der Waals surface area contributed by atoms with Gasteiger partial charge in [0, 0.05) is 23.7 Å². The average molecular weight is 439 g/mol. The molecule has 4 aliphatic rings. The van der Waals surface area contributed by atoms with Crippen LogP contribution in [0.4, 0.5) is 17.6 Å². The lowest BCUT2D eigenvalue weighted by Gasteiger charge is -2.32. The fraction of sp³-hybridized carbons (Fsp3) is 0.636. The second kappa shape index (κ2) is 6.64. The molecule has 0 spiro atoms. The van der Waals surface area contributed by atoms with Crippen molar-refractivity contribution in [3.63, 3.8) is 0 Å². The highest BCUT2D eigenvalue weighted by atomic mass is 16.3. The lowest BCUT2D eigenvalue weighted by atomic mass is 9.79. The summed E-state index contributed by atoms with van der Waals surface area (Å²) < 4.78 is 1.71. The summed E-state index contributed by atoms with van der Waals surface area (Å²) in [6, 6.07) is 2.08. The molecule has 0 aliphatic heterocycles. The maximum atomic E-state index is 11.1. The minimum atomic E-state index is -0.933. The lowest BCUT2D eigenvalue weighted by Crippen LogP contribution is -2.37. The largest absolute Gasteiger partial charge is 0.389 e. The topological polar surface area (TPSA) is 137 Å². The SMILES string of the molecule is Cc1cc(Nc2nc(NC3C4CC5CC3C(O)(C5)C4)nc3c2cnn3CC(C)(C)O)n[nH]1. The van der Waals surface area contributed by atoms with Crippen molar-refractivity contribution in [1.29, 1.82) is 0 Å². The number of H-pyrrole nitrogens is 1. The molecule has 4 fully saturated rings. The average Bonchev–Trinajstić information content (AvgIpc) is 3.38. The van der Waals surface area contributed by atoms with Crippen molar-refractivity contribution >= 4 is 28.6 Å². The highest BCUT2D eigenvalue weighted by molar-refractivity contribution is 5.89. The maximum Gasteiger partial charge on any atom is 0.226 e. The molecule has 4 aliphatic carbocycles. The zero-order valence-electron chi connectivity index (χ0n) is 18.6. The van der Waals surface area contributed by atoms with Crippen LogP contribution in [0.5, 0.6) is 0 Å². The third kappa shape index (κ3) is 3.24. The van der Waals surface area contributed by atoms with E-state index in [0.717, 1.165) is 36.8 Å². The monoisotopic (exact) mass is 438 g/mol. The minimum absolute atomic E-state index is 0.169. The van der Waals surface area contributed by atoms with Crippen molar-refractivity contribution in [1.82, 2.24) is 29.9 Å². The Labute approximate surface area is 185 Å². The summed E-state index contributed by atoms with van der Waals surface area (Å²) in [4.78, 5) is 9.58. The molecular formula is C22H30N8O2. The van der Waals surface area contributed by atoms with Crippen molar-refractivity contribution in [2.45, 2.75) is 70.2 Å². The first kappa shape index (κ1) is 19.9. The van der Waals surface area contributed by atoms with Crippen LogP contribution < -0.4 is 10.6 Å². The smallest absolute Gasteiger partial charge is 0.226 e. The number of aromatic amines is 1. The molecule has 10 heteroatoms. The van der Waals surface area contributed by atoms with Gasteiger partial charge in [0.25, 0.3) is 0 Å². The molecule has 10 nitrogen and oxygen atoms in total. The zero-order chi connectivity index (χ0) is 22.3. The van der Waals surface area contributed by atoms with Gasteiger partial charge in [0.1, 0.15) is 5.82 Å². The second-order valence-electron chi connectivity index (χ2n) is 10.7. The van der Waals surface area contributed by atoms with E-state index in [1.54, 1.807) is 24.7 Å². The number of nitrogens with zero attached hydrogens (tertiary/aromatic N) is 5. The molecule has 170 valence electrons. The molecule has 5 unspecified atom stereocenters. The molecule has 3 heterocycles. The van der Waals surface area contributed by atoms with Crippen LogP contribution in [0, 0.1) is 24.7 Å². The number of nitrogens with one attached hydrogen (secondary N) is 3. The Bertz CT molecular complexity index is 1180. The van der Waals surface area contributed by atoms with Gasteiger partial charge in [0.2, 0.25) is 5.95 Å². The van der Waals surface area contributed by atoms with E-state index < -0.39 is 11.2 Å². The van der Waals surface area contributed by atoms with Gasteiger partial charge in [0.15, 0.2) is 11.5 Å². The van der Waals surface area contributed by atoms with Gasteiger partial charge in [-0.3, -0.25) is 5.10 Å². The molecule has 0 saturated heterocycles. The van der Waals surface area contributed by atoms with Crippen LogP contribution in [-0.4, -0.2) is 57.4 Å². The predicted molar refractivity (Wildman–Crippen MR) is 120 cm³/mol. The summed E-state index contributed by atoms with van der Waals surface area (Å²) in [6.45, 7) is 5.75. The molecule has 0 amide bonds. The van der Waals surface area contributed by atoms with Crippen molar-refractivity contribution in [2.24, 2.45) is 17.8 Å². The van der Waals surface area contributed by atoms with E-state index in [1.807, 2.05) is 13.0 Å². The van der Waals surface area contributed by atoms with Crippen molar-refractivity contribution in [2.75, 3.05) is 10.6 Å². The second-order valence-corrected chi connectivity index (χ2v) is 10.7. The molecule has 0 aromatic carbocycles. The van der Waals surface area contributed by atoms with Gasteiger partial charge in [-0.15, -0.1) is 0 Å². The Morgan fingerprint density at radius 3 is 2.84 bits per heavy atom. The minimum Gasteiger partial charge on any atom is -0.389 e. The summed E-state index contributed by atoms with van der Waals surface area (Å²) in [5.74, 6) is 3.13. The zero-order valence-corrected chi connectivity index (χ0v) is 18.6. The van der Waals surface area contributed by atoms with E-state index in [-0.39, 0.29) is 12.0 Å². The van der Waals surface area contributed by atoms with Crippen molar-refractivity contribution < 1.29 is 10.2 Å². The van der Waals surface area contributed by atoms with Crippen LogP contribution in [0.3, 0.4) is 0 Å². The summed E-state index contributed by atoms with van der Waals surface area (Å²) >= 11 is 0. The molecular weight excluding hydrogens is 408 g/mol. The number of fused-ring (bicyclic) bond motifs is 1. The van der Waals surface area contributed by atoms with Crippen LogP contribution in [-0.2, 0) is 6.54 Å². The molecule has 32 heavy (non-hydrogen) atoms. The van der Waals surface area contributed by atoms with E-state index in [9.17, 15) is 10.2 Å². The number of aliphatic hydroxyl groups is 2. The van der Waals surface area contributed by atoms with E-state index in [4.69, 9.17) is 9.97 Å². The van der Waals surface area contributed by atoms with Gasteiger partial charge in [-0.2, -0.15) is 20.2 Å². The molecule has 4 saturated carbocycles. The van der Waals surface area contributed by atoms with Crippen LogP contribution >= 0.6 is 0 Å². The summed E-state index contributed by atoms with van der Waals surface area (Å²) in [7, 11) is 0. The number of anilines is 3. The van der Waals surface area contributed by atoms with Crippen LogP contribution in [0.2, 0.25) is 0 Å². The highest BCUT2D eigenvalue weighted by Crippen LogP contribution is 2.60. The van der Waals surface area contributed by atoms with Gasteiger partial charge >= 0.3 is 0 Å². The quantitative estimate of drug-likeness (QED) is 0.395. The summed E-state index contributed by atoms with van der Waals surface area (Å²) in [5, 5.41) is 40.7. The normalized spacial score (nSPS) is 31.0. The highest BCUT2D eigenvalue weighted by Gasteiger charge is 2.62. The van der Waals surface area contributed by atoms with Gasteiger partial charge in [0.05, 0.1) is 29.3 Å². The predicted octanol–water partition coefficient (Wildman–Crippen LogP) is 2.33. The Balaban J connectivity index is 1.38. The fourth-order valence-electron chi connectivity index (χ4n) is 6.34.